The number of hydrogen-bond donors (Lipinski definition) is 0. The van der Waals surface area contributed by atoms with E-state index in [4.69, 9.17) is 9.15 Å². The maximum atomic E-state index is 13.9. The molecular formula is C31H30O4. The van der Waals surface area contributed by atoms with Crippen molar-refractivity contribution in [2.45, 2.75) is 47.1 Å². The van der Waals surface area contributed by atoms with E-state index < -0.39 is 11.6 Å². The quantitative estimate of drug-likeness (QED) is 0.223. The fraction of sp³-hybridized carbons (Fsp3) is 0.226. The van der Waals surface area contributed by atoms with Crippen LogP contribution in [0.1, 0.15) is 63.7 Å². The van der Waals surface area contributed by atoms with Crippen molar-refractivity contribution in [1.82, 2.24) is 0 Å². The lowest BCUT2D eigenvalue weighted by Gasteiger charge is -2.20. The standard InChI is InChI=1S/C31H30O4/c1-19-7-13-22(14-8-19)27(32)25-26(30(33)35-31(4,5)6)29(24-17-11-21(3)12-18-24)34-28(25)23-15-9-20(2)10-16-23/h7-18H,1-6H3. The van der Waals surface area contributed by atoms with Gasteiger partial charge in [-0.05, 0) is 41.5 Å². The molecule has 0 spiro atoms. The van der Waals surface area contributed by atoms with Crippen LogP contribution in [0.3, 0.4) is 0 Å². The lowest BCUT2D eigenvalue weighted by atomic mass is 9.94. The van der Waals surface area contributed by atoms with E-state index >= 15 is 0 Å². The molecule has 4 rings (SSSR count). The minimum absolute atomic E-state index is 0.143. The summed E-state index contributed by atoms with van der Waals surface area (Å²) in [4.78, 5) is 27.5. The van der Waals surface area contributed by atoms with Crippen molar-refractivity contribution in [1.29, 1.82) is 0 Å². The highest BCUT2D eigenvalue weighted by atomic mass is 16.6. The Balaban J connectivity index is 2.03. The highest BCUT2D eigenvalue weighted by Crippen LogP contribution is 2.40. The summed E-state index contributed by atoms with van der Waals surface area (Å²) in [6.07, 6.45) is 0. The molecule has 0 aliphatic rings. The van der Waals surface area contributed by atoms with Gasteiger partial charge in [-0.15, -0.1) is 0 Å². The van der Waals surface area contributed by atoms with E-state index in [2.05, 4.69) is 0 Å². The van der Waals surface area contributed by atoms with E-state index in [1.165, 1.54) is 0 Å². The van der Waals surface area contributed by atoms with Gasteiger partial charge in [0.2, 0.25) is 0 Å². The van der Waals surface area contributed by atoms with Crippen LogP contribution in [-0.4, -0.2) is 17.4 Å². The summed E-state index contributed by atoms with van der Waals surface area (Å²) in [5, 5.41) is 0. The maximum absolute atomic E-state index is 13.9. The van der Waals surface area contributed by atoms with Crippen LogP contribution in [0.15, 0.2) is 77.2 Å². The van der Waals surface area contributed by atoms with Crippen LogP contribution in [0.25, 0.3) is 22.6 Å². The Labute approximate surface area is 206 Å². The van der Waals surface area contributed by atoms with Gasteiger partial charge in [-0.1, -0.05) is 89.5 Å². The number of rotatable bonds is 5. The summed E-state index contributed by atoms with van der Waals surface area (Å²) in [6, 6.07) is 22.7. The third-order valence-electron chi connectivity index (χ3n) is 5.68. The van der Waals surface area contributed by atoms with Gasteiger partial charge in [0, 0.05) is 16.7 Å². The van der Waals surface area contributed by atoms with Crippen LogP contribution < -0.4 is 0 Å². The Morgan fingerprint density at radius 2 is 1.03 bits per heavy atom. The number of furan rings is 1. The molecule has 4 heteroatoms. The van der Waals surface area contributed by atoms with Crippen molar-refractivity contribution in [2.24, 2.45) is 0 Å². The molecule has 0 fully saturated rings. The number of carbonyl (C=O) groups is 2. The number of hydrogen-bond acceptors (Lipinski definition) is 4. The third kappa shape index (κ3) is 5.27. The van der Waals surface area contributed by atoms with E-state index in [-0.39, 0.29) is 16.9 Å². The number of ketones is 1. The third-order valence-corrected chi connectivity index (χ3v) is 5.68. The molecule has 0 N–H and O–H groups in total. The molecule has 0 saturated carbocycles. The van der Waals surface area contributed by atoms with Crippen LogP contribution in [0, 0.1) is 20.8 Å². The highest BCUT2D eigenvalue weighted by Gasteiger charge is 2.34. The average Bonchev–Trinajstić information content (AvgIpc) is 3.20. The van der Waals surface area contributed by atoms with Crippen molar-refractivity contribution < 1.29 is 18.7 Å². The van der Waals surface area contributed by atoms with Gasteiger partial charge < -0.3 is 9.15 Å². The summed E-state index contributed by atoms with van der Waals surface area (Å²) < 4.78 is 12.2. The zero-order chi connectivity index (χ0) is 25.3. The number of aryl methyl sites for hydroxylation is 3. The first-order chi connectivity index (χ1) is 16.5. The van der Waals surface area contributed by atoms with E-state index in [1.54, 1.807) is 32.9 Å². The number of benzene rings is 3. The Morgan fingerprint density at radius 1 is 0.629 bits per heavy atom. The molecule has 0 unspecified atom stereocenters. The first kappa shape index (κ1) is 24.2. The highest BCUT2D eigenvalue weighted by molar-refractivity contribution is 6.19. The Bertz CT molecular complexity index is 1360. The molecule has 0 radical (unpaired) electrons. The lowest BCUT2D eigenvalue weighted by molar-refractivity contribution is 0.00685. The average molecular weight is 467 g/mol. The molecule has 0 aliphatic carbocycles. The van der Waals surface area contributed by atoms with E-state index in [1.807, 2.05) is 81.4 Å². The molecule has 3 aromatic carbocycles. The zero-order valence-electron chi connectivity index (χ0n) is 21.1. The van der Waals surface area contributed by atoms with Crippen molar-refractivity contribution in [3.8, 4) is 22.6 Å². The second-order valence-electron chi connectivity index (χ2n) is 9.94. The van der Waals surface area contributed by atoms with E-state index in [9.17, 15) is 9.59 Å². The molecule has 0 bridgehead atoms. The molecule has 178 valence electrons. The second-order valence-corrected chi connectivity index (χ2v) is 9.94. The Hall–Kier alpha value is -3.92. The van der Waals surface area contributed by atoms with Crippen molar-refractivity contribution >= 4 is 11.8 Å². The monoisotopic (exact) mass is 466 g/mol. The molecule has 4 aromatic rings. The predicted octanol–water partition coefficient (Wildman–Crippen LogP) is 7.73. The zero-order valence-corrected chi connectivity index (χ0v) is 21.1. The number of carbonyl (C=O) groups excluding carboxylic acids is 2. The van der Waals surface area contributed by atoms with Gasteiger partial charge in [-0.3, -0.25) is 4.79 Å². The fourth-order valence-corrected chi connectivity index (χ4v) is 3.84. The molecular weight excluding hydrogens is 436 g/mol. The van der Waals surface area contributed by atoms with Crippen molar-refractivity contribution in [3.05, 3.63) is 106 Å². The first-order valence-electron chi connectivity index (χ1n) is 11.7. The molecule has 35 heavy (non-hydrogen) atoms. The van der Waals surface area contributed by atoms with Crippen LogP contribution in [0.4, 0.5) is 0 Å². The summed E-state index contributed by atoms with van der Waals surface area (Å²) in [5.41, 5.74) is 4.71. The topological polar surface area (TPSA) is 56.5 Å². The van der Waals surface area contributed by atoms with E-state index in [0.717, 1.165) is 16.7 Å². The van der Waals surface area contributed by atoms with Gasteiger partial charge >= 0.3 is 5.97 Å². The summed E-state index contributed by atoms with van der Waals surface area (Å²) in [5.74, 6) is -0.202. The largest absolute Gasteiger partial charge is 0.456 e. The summed E-state index contributed by atoms with van der Waals surface area (Å²) in [6.45, 7) is 11.4. The van der Waals surface area contributed by atoms with Crippen LogP contribution in [-0.2, 0) is 4.74 Å². The fourth-order valence-electron chi connectivity index (χ4n) is 3.84. The molecule has 0 aliphatic heterocycles. The first-order valence-corrected chi connectivity index (χ1v) is 11.7. The molecule has 1 aromatic heterocycles. The maximum Gasteiger partial charge on any atom is 0.343 e. The van der Waals surface area contributed by atoms with Gasteiger partial charge in [-0.25, -0.2) is 4.79 Å². The molecule has 0 saturated heterocycles. The number of esters is 1. The van der Waals surface area contributed by atoms with Gasteiger partial charge in [0.25, 0.3) is 0 Å². The summed E-state index contributed by atoms with van der Waals surface area (Å²) >= 11 is 0. The van der Waals surface area contributed by atoms with Crippen LogP contribution in [0.5, 0.6) is 0 Å². The second kappa shape index (κ2) is 9.38. The minimum Gasteiger partial charge on any atom is -0.456 e. The predicted molar refractivity (Wildman–Crippen MR) is 139 cm³/mol. The number of ether oxygens (including phenoxy) is 1. The van der Waals surface area contributed by atoms with Crippen molar-refractivity contribution in [3.63, 3.8) is 0 Å². The van der Waals surface area contributed by atoms with Gasteiger partial charge in [-0.2, -0.15) is 0 Å². The molecule has 0 atom stereocenters. The van der Waals surface area contributed by atoms with Gasteiger partial charge in [0.15, 0.2) is 5.78 Å². The minimum atomic E-state index is -0.743. The molecule has 1 heterocycles. The van der Waals surface area contributed by atoms with Crippen molar-refractivity contribution in [2.75, 3.05) is 0 Å². The Morgan fingerprint density at radius 3 is 1.46 bits per heavy atom. The van der Waals surface area contributed by atoms with Crippen LogP contribution >= 0.6 is 0 Å². The molecule has 0 amide bonds. The SMILES string of the molecule is Cc1ccc(C(=O)c2c(-c3ccc(C)cc3)oc(-c3ccc(C)cc3)c2C(=O)OC(C)(C)C)cc1. The van der Waals surface area contributed by atoms with Gasteiger partial charge in [0.1, 0.15) is 22.7 Å². The lowest BCUT2D eigenvalue weighted by Crippen LogP contribution is -2.25. The van der Waals surface area contributed by atoms with Gasteiger partial charge in [0.05, 0.1) is 5.56 Å². The molecule has 4 nitrogen and oxygen atoms in total. The smallest absolute Gasteiger partial charge is 0.343 e. The normalized spacial score (nSPS) is 11.4. The Kier molecular flexibility index (Phi) is 6.49. The summed E-state index contributed by atoms with van der Waals surface area (Å²) in [7, 11) is 0. The van der Waals surface area contributed by atoms with E-state index in [0.29, 0.717) is 28.2 Å². The van der Waals surface area contributed by atoms with Crippen LogP contribution in [0.2, 0.25) is 0 Å².